The third-order valence-corrected chi connectivity index (χ3v) is 11.6. The van der Waals surface area contributed by atoms with Crippen molar-refractivity contribution >= 4 is 50.9 Å². The van der Waals surface area contributed by atoms with E-state index in [1.807, 2.05) is 20.8 Å². The summed E-state index contributed by atoms with van der Waals surface area (Å²) in [6, 6.07) is 6.59. The maximum absolute atomic E-state index is 13.6. The fourth-order valence-corrected chi connectivity index (χ4v) is 8.34. The van der Waals surface area contributed by atoms with Crippen molar-refractivity contribution in [2.45, 2.75) is 95.6 Å². The van der Waals surface area contributed by atoms with E-state index in [4.69, 9.17) is 9.47 Å². The molecular formula is C38H56N6O10S. The normalized spacial score (nSPS) is 16.9. The summed E-state index contributed by atoms with van der Waals surface area (Å²) in [5.74, 6) is -1.61. The molecule has 304 valence electrons. The number of fused-ring (bicyclic) bond motifs is 1. The molecule has 3 heterocycles. The van der Waals surface area contributed by atoms with Gasteiger partial charge in [-0.25, -0.2) is 18.0 Å². The Labute approximate surface area is 323 Å². The van der Waals surface area contributed by atoms with E-state index >= 15 is 0 Å². The molecule has 1 aromatic carbocycles. The molecule has 0 radical (unpaired) electrons. The molecule has 2 aliphatic heterocycles. The quantitative estimate of drug-likeness (QED) is 0.179. The number of amides is 4. The number of nitrogens with one attached hydrogen (secondary N) is 3. The van der Waals surface area contributed by atoms with Crippen LogP contribution in [0.15, 0.2) is 41.4 Å². The van der Waals surface area contributed by atoms with Gasteiger partial charge in [-0.15, -0.1) is 0 Å². The van der Waals surface area contributed by atoms with Crippen LogP contribution in [-0.2, 0) is 33.9 Å². The summed E-state index contributed by atoms with van der Waals surface area (Å²) in [4.78, 5) is 70.4. The minimum Gasteiger partial charge on any atom is -0.465 e. The van der Waals surface area contributed by atoms with Crippen molar-refractivity contribution in [2.24, 2.45) is 17.8 Å². The second-order valence-corrected chi connectivity index (χ2v) is 16.9. The minimum absolute atomic E-state index is 0.0141. The van der Waals surface area contributed by atoms with Crippen LogP contribution in [0, 0.1) is 17.8 Å². The average Bonchev–Trinajstić information content (AvgIpc) is 3.15. The first-order valence-corrected chi connectivity index (χ1v) is 20.6. The van der Waals surface area contributed by atoms with Crippen molar-refractivity contribution < 1.29 is 47.0 Å². The number of carbonyl (C=O) groups is 5. The van der Waals surface area contributed by atoms with Crippen molar-refractivity contribution in [1.29, 1.82) is 0 Å². The van der Waals surface area contributed by atoms with Gasteiger partial charge in [0.2, 0.25) is 21.8 Å². The third kappa shape index (κ3) is 13.3. The summed E-state index contributed by atoms with van der Waals surface area (Å²) in [6.07, 6.45) is 5.85. The molecule has 4 N–H and O–H groups in total. The van der Waals surface area contributed by atoms with Gasteiger partial charge < -0.3 is 35.0 Å². The topological polar surface area (TPSA) is 214 Å². The Balaban J connectivity index is 1.33. The SMILES string of the molecule is CCOC(=O)[C@H](CNC(=O)CNC(=O)C(CCC1CCN(C(=O)O)CC1)CCC1CCN(C(=O)OC(C)(C)C)CC1)NS(=O)(=O)c1cccc2cccnc12. The molecule has 16 nitrogen and oxygen atoms in total. The van der Waals surface area contributed by atoms with Crippen LogP contribution in [-0.4, -0.2) is 116 Å². The van der Waals surface area contributed by atoms with Crippen molar-refractivity contribution in [3.05, 3.63) is 36.5 Å². The largest absolute Gasteiger partial charge is 0.465 e. The molecule has 0 aliphatic carbocycles. The fourth-order valence-electron chi connectivity index (χ4n) is 6.97. The minimum atomic E-state index is -4.28. The van der Waals surface area contributed by atoms with Crippen molar-refractivity contribution in [1.82, 2.24) is 30.1 Å². The standard InChI is InChI=1S/C38H56N6O10S/c1-5-53-35(47)30(42-55(51,52)31-10-6-8-28-9-7-19-39-33(28)31)24-40-32(45)25-41-34(46)29(13-11-26-15-20-43(21-16-26)36(48)49)14-12-27-17-22-44(23-18-27)37(50)54-38(2,3)4/h6-10,19,26-27,29-30,42H,5,11-18,20-25H2,1-4H3,(H,40,45)(H,41,46)(H,48,49)/t29?,30-/m0/s1. The molecule has 0 spiro atoms. The summed E-state index contributed by atoms with van der Waals surface area (Å²) in [7, 11) is -4.28. The van der Waals surface area contributed by atoms with Crippen molar-refractivity contribution in [2.75, 3.05) is 45.9 Å². The van der Waals surface area contributed by atoms with E-state index < -0.39 is 58.6 Å². The van der Waals surface area contributed by atoms with Gasteiger partial charge in [-0.1, -0.05) is 18.2 Å². The predicted octanol–water partition coefficient (Wildman–Crippen LogP) is 3.89. The molecule has 1 unspecified atom stereocenters. The van der Waals surface area contributed by atoms with Crippen LogP contribution in [0.5, 0.6) is 0 Å². The van der Waals surface area contributed by atoms with E-state index in [-0.39, 0.29) is 34.9 Å². The Bertz CT molecular complexity index is 1750. The molecule has 55 heavy (non-hydrogen) atoms. The third-order valence-electron chi connectivity index (χ3n) is 10.0. The van der Waals surface area contributed by atoms with Gasteiger partial charge in [-0.3, -0.25) is 19.4 Å². The van der Waals surface area contributed by atoms with Gasteiger partial charge in [-0.2, -0.15) is 4.72 Å². The number of sulfonamides is 1. The maximum atomic E-state index is 13.6. The van der Waals surface area contributed by atoms with Crippen LogP contribution in [0.4, 0.5) is 9.59 Å². The summed E-state index contributed by atoms with van der Waals surface area (Å²) in [5, 5.41) is 15.2. The first kappa shape index (κ1) is 43.2. The van der Waals surface area contributed by atoms with E-state index in [1.165, 1.54) is 17.2 Å². The van der Waals surface area contributed by atoms with Crippen LogP contribution in [0.3, 0.4) is 0 Å². The molecule has 4 amide bonds. The lowest BCUT2D eigenvalue weighted by Gasteiger charge is -2.34. The van der Waals surface area contributed by atoms with Crippen LogP contribution >= 0.6 is 0 Å². The first-order valence-electron chi connectivity index (χ1n) is 19.1. The van der Waals surface area contributed by atoms with E-state index in [1.54, 1.807) is 36.1 Å². The Kier molecular flexibility index (Phi) is 15.6. The second-order valence-electron chi connectivity index (χ2n) is 15.3. The van der Waals surface area contributed by atoms with E-state index in [0.717, 1.165) is 25.7 Å². The van der Waals surface area contributed by atoms with Crippen molar-refractivity contribution in [3.63, 3.8) is 0 Å². The maximum Gasteiger partial charge on any atom is 0.410 e. The summed E-state index contributed by atoms with van der Waals surface area (Å²) in [5.41, 5.74) is -0.357. The molecule has 2 aliphatic rings. The number of carbonyl (C=O) groups excluding carboxylic acids is 4. The molecule has 4 rings (SSSR count). The number of carboxylic acid groups (broad SMARTS) is 1. The number of rotatable bonds is 16. The lowest BCUT2D eigenvalue weighted by Crippen LogP contribution is -2.50. The Morgan fingerprint density at radius 3 is 2.09 bits per heavy atom. The molecule has 1 aromatic heterocycles. The zero-order valence-electron chi connectivity index (χ0n) is 32.3. The predicted molar refractivity (Wildman–Crippen MR) is 203 cm³/mol. The highest BCUT2D eigenvalue weighted by Gasteiger charge is 2.31. The summed E-state index contributed by atoms with van der Waals surface area (Å²) in [6.45, 7) is 8.29. The average molecular weight is 789 g/mol. The fraction of sp³-hybridized carbons (Fsp3) is 0.632. The van der Waals surface area contributed by atoms with E-state index in [2.05, 4.69) is 20.3 Å². The number of hydrogen-bond acceptors (Lipinski definition) is 10. The summed E-state index contributed by atoms with van der Waals surface area (Å²) < 4.78 is 39.8. The van der Waals surface area contributed by atoms with Gasteiger partial charge in [0, 0.05) is 50.2 Å². The molecule has 0 bridgehead atoms. The lowest BCUT2D eigenvalue weighted by molar-refractivity contribution is -0.145. The number of benzene rings is 1. The zero-order valence-corrected chi connectivity index (χ0v) is 33.1. The summed E-state index contributed by atoms with van der Waals surface area (Å²) >= 11 is 0. The number of aromatic nitrogens is 1. The Hall–Kier alpha value is -4.51. The molecule has 2 atom stereocenters. The number of hydrogen-bond donors (Lipinski definition) is 4. The molecule has 2 saturated heterocycles. The van der Waals surface area contributed by atoms with Crippen molar-refractivity contribution in [3.8, 4) is 0 Å². The molecule has 2 aromatic rings. The molecule has 2 fully saturated rings. The van der Waals surface area contributed by atoms with Gasteiger partial charge in [0.25, 0.3) is 0 Å². The highest BCUT2D eigenvalue weighted by atomic mass is 32.2. The van der Waals surface area contributed by atoms with Gasteiger partial charge in [0.15, 0.2) is 0 Å². The first-order chi connectivity index (χ1) is 26.1. The van der Waals surface area contributed by atoms with Crippen LogP contribution in [0.2, 0.25) is 0 Å². The van der Waals surface area contributed by atoms with Crippen LogP contribution in [0.1, 0.15) is 79.1 Å². The number of likely N-dealkylation sites (tertiary alicyclic amines) is 2. The molecule has 17 heteroatoms. The molecular weight excluding hydrogens is 733 g/mol. The van der Waals surface area contributed by atoms with E-state index in [0.29, 0.717) is 63.2 Å². The Morgan fingerprint density at radius 2 is 1.51 bits per heavy atom. The lowest BCUT2D eigenvalue weighted by atomic mass is 9.84. The number of piperidine rings is 2. The number of para-hydroxylation sites is 1. The zero-order chi connectivity index (χ0) is 40.2. The van der Waals surface area contributed by atoms with Gasteiger partial charge >= 0.3 is 18.2 Å². The smallest absolute Gasteiger partial charge is 0.410 e. The Morgan fingerprint density at radius 1 is 0.909 bits per heavy atom. The van der Waals surface area contributed by atoms with Gasteiger partial charge in [-0.05, 0) is 103 Å². The van der Waals surface area contributed by atoms with Crippen LogP contribution in [0.25, 0.3) is 10.9 Å². The van der Waals surface area contributed by atoms with E-state index in [9.17, 15) is 37.5 Å². The van der Waals surface area contributed by atoms with Crippen LogP contribution < -0.4 is 15.4 Å². The second kappa shape index (κ2) is 19.9. The number of nitrogens with zero attached hydrogens (tertiary/aromatic N) is 3. The van der Waals surface area contributed by atoms with Gasteiger partial charge in [0.1, 0.15) is 16.5 Å². The highest BCUT2D eigenvalue weighted by molar-refractivity contribution is 7.89. The number of pyridine rings is 1. The monoisotopic (exact) mass is 788 g/mol. The molecule has 0 saturated carbocycles. The highest BCUT2D eigenvalue weighted by Crippen LogP contribution is 2.30. The van der Waals surface area contributed by atoms with Gasteiger partial charge in [0.05, 0.1) is 18.7 Å². The number of esters is 1. The number of ether oxygens (including phenoxy) is 2.